The maximum Gasteiger partial charge on any atom is 0.145 e. The SMILES string of the molecule is N#Cc1ccccc1C1N=CC=CN1. The van der Waals surface area contributed by atoms with Gasteiger partial charge in [-0.05, 0) is 18.3 Å². The number of nitrogens with one attached hydrogen (secondary N) is 1. The number of nitriles is 1. The van der Waals surface area contributed by atoms with Crippen LogP contribution < -0.4 is 5.32 Å². The van der Waals surface area contributed by atoms with Crippen molar-refractivity contribution in [2.24, 2.45) is 4.99 Å². The van der Waals surface area contributed by atoms with Crippen molar-refractivity contribution in [3.63, 3.8) is 0 Å². The smallest absolute Gasteiger partial charge is 0.145 e. The summed E-state index contributed by atoms with van der Waals surface area (Å²) in [6.45, 7) is 0. The molecule has 0 spiro atoms. The minimum absolute atomic E-state index is 0.129. The fourth-order valence-electron chi connectivity index (χ4n) is 1.38. The maximum atomic E-state index is 8.90. The van der Waals surface area contributed by atoms with E-state index >= 15 is 0 Å². The molecule has 1 aliphatic rings. The normalized spacial score (nSPS) is 18.6. The topological polar surface area (TPSA) is 48.2 Å². The molecule has 3 heteroatoms. The third-order valence-corrected chi connectivity index (χ3v) is 2.05. The van der Waals surface area contributed by atoms with Gasteiger partial charge in [0.05, 0.1) is 11.6 Å². The van der Waals surface area contributed by atoms with Crippen molar-refractivity contribution in [2.45, 2.75) is 6.17 Å². The van der Waals surface area contributed by atoms with Gasteiger partial charge in [-0.25, -0.2) is 0 Å². The first-order valence-electron chi connectivity index (χ1n) is 4.35. The first kappa shape index (κ1) is 8.52. The Morgan fingerprint density at radius 3 is 2.93 bits per heavy atom. The summed E-state index contributed by atoms with van der Waals surface area (Å²) in [7, 11) is 0. The van der Waals surface area contributed by atoms with E-state index in [-0.39, 0.29) is 6.17 Å². The summed E-state index contributed by atoms with van der Waals surface area (Å²) >= 11 is 0. The van der Waals surface area contributed by atoms with Crippen molar-refractivity contribution in [3.05, 3.63) is 47.7 Å². The van der Waals surface area contributed by atoms with Crippen LogP contribution in [0.15, 0.2) is 41.5 Å². The van der Waals surface area contributed by atoms with Crippen LogP contribution in [0.25, 0.3) is 0 Å². The summed E-state index contributed by atoms with van der Waals surface area (Å²) in [6.07, 6.45) is 5.25. The van der Waals surface area contributed by atoms with E-state index in [0.717, 1.165) is 5.56 Å². The molecule has 0 fully saturated rings. The fraction of sp³-hybridized carbons (Fsp3) is 0.0909. The molecule has 0 saturated carbocycles. The predicted octanol–water partition coefficient (Wildman–Crippen LogP) is 1.74. The molecule has 0 saturated heterocycles. The quantitative estimate of drug-likeness (QED) is 0.721. The highest BCUT2D eigenvalue weighted by Crippen LogP contribution is 2.19. The monoisotopic (exact) mass is 183 g/mol. The number of aliphatic imine (C=N–C) groups is 1. The minimum Gasteiger partial charge on any atom is -0.366 e. The van der Waals surface area contributed by atoms with Crippen molar-refractivity contribution in [1.82, 2.24) is 5.32 Å². The van der Waals surface area contributed by atoms with Gasteiger partial charge in [-0.1, -0.05) is 18.2 Å². The fourth-order valence-corrected chi connectivity index (χ4v) is 1.38. The summed E-state index contributed by atoms with van der Waals surface area (Å²) in [5.74, 6) is 0. The maximum absolute atomic E-state index is 8.90. The molecule has 1 atom stereocenters. The average Bonchev–Trinajstić information content (AvgIpc) is 2.30. The van der Waals surface area contributed by atoms with Crippen LogP contribution in [0.3, 0.4) is 0 Å². The van der Waals surface area contributed by atoms with Gasteiger partial charge in [0.15, 0.2) is 0 Å². The van der Waals surface area contributed by atoms with Gasteiger partial charge in [0, 0.05) is 11.8 Å². The number of nitrogens with zero attached hydrogens (tertiary/aromatic N) is 2. The van der Waals surface area contributed by atoms with E-state index in [1.165, 1.54) is 0 Å². The van der Waals surface area contributed by atoms with Crippen LogP contribution in [0.4, 0.5) is 0 Å². The van der Waals surface area contributed by atoms with E-state index in [2.05, 4.69) is 16.4 Å². The zero-order chi connectivity index (χ0) is 9.80. The van der Waals surface area contributed by atoms with Crippen molar-refractivity contribution >= 4 is 6.21 Å². The largest absolute Gasteiger partial charge is 0.366 e. The molecule has 0 amide bonds. The van der Waals surface area contributed by atoms with Crippen molar-refractivity contribution in [2.75, 3.05) is 0 Å². The molecule has 1 aliphatic heterocycles. The molecular formula is C11H9N3. The van der Waals surface area contributed by atoms with Gasteiger partial charge < -0.3 is 5.32 Å². The molecule has 0 aromatic heterocycles. The summed E-state index contributed by atoms with van der Waals surface area (Å²) in [4.78, 5) is 4.23. The lowest BCUT2D eigenvalue weighted by atomic mass is 10.1. The van der Waals surface area contributed by atoms with Crippen LogP contribution >= 0.6 is 0 Å². The third kappa shape index (κ3) is 1.50. The Bertz CT molecular complexity index is 426. The molecule has 2 rings (SSSR count). The highest BCUT2D eigenvalue weighted by atomic mass is 15.1. The van der Waals surface area contributed by atoms with E-state index in [0.29, 0.717) is 5.56 Å². The number of allylic oxidation sites excluding steroid dienone is 1. The zero-order valence-electron chi connectivity index (χ0n) is 7.51. The molecule has 3 nitrogen and oxygen atoms in total. The molecule has 1 unspecified atom stereocenters. The second kappa shape index (κ2) is 3.75. The molecule has 1 aromatic rings. The van der Waals surface area contributed by atoms with Gasteiger partial charge in [-0.2, -0.15) is 5.26 Å². The van der Waals surface area contributed by atoms with E-state index in [4.69, 9.17) is 5.26 Å². The van der Waals surface area contributed by atoms with Crippen LogP contribution in [-0.2, 0) is 0 Å². The first-order chi connectivity index (χ1) is 6.92. The lowest BCUT2D eigenvalue weighted by Gasteiger charge is -2.16. The highest BCUT2D eigenvalue weighted by Gasteiger charge is 2.12. The molecule has 1 N–H and O–H groups in total. The molecular weight excluding hydrogens is 174 g/mol. The summed E-state index contributed by atoms with van der Waals surface area (Å²) in [5.41, 5.74) is 1.58. The zero-order valence-corrected chi connectivity index (χ0v) is 7.51. The molecule has 0 bridgehead atoms. The number of rotatable bonds is 1. The molecule has 1 aromatic carbocycles. The van der Waals surface area contributed by atoms with Gasteiger partial charge in [0.2, 0.25) is 0 Å². The lowest BCUT2D eigenvalue weighted by Crippen LogP contribution is -2.16. The van der Waals surface area contributed by atoms with Gasteiger partial charge in [0.1, 0.15) is 6.17 Å². The lowest BCUT2D eigenvalue weighted by molar-refractivity contribution is 0.651. The van der Waals surface area contributed by atoms with Crippen LogP contribution in [0, 0.1) is 11.3 Å². The molecule has 0 radical (unpaired) electrons. The number of hydrogen-bond acceptors (Lipinski definition) is 3. The average molecular weight is 183 g/mol. The van der Waals surface area contributed by atoms with E-state index in [9.17, 15) is 0 Å². The van der Waals surface area contributed by atoms with Crippen LogP contribution in [0.1, 0.15) is 17.3 Å². The summed E-state index contributed by atoms with van der Waals surface area (Å²) in [6, 6.07) is 9.62. The Hall–Kier alpha value is -2.08. The van der Waals surface area contributed by atoms with E-state index in [1.54, 1.807) is 12.3 Å². The molecule has 1 heterocycles. The number of hydrogen-bond donors (Lipinski definition) is 1. The molecule has 0 aliphatic carbocycles. The third-order valence-electron chi connectivity index (χ3n) is 2.05. The summed E-state index contributed by atoms with van der Waals surface area (Å²) in [5, 5.41) is 12.0. The van der Waals surface area contributed by atoms with Crippen molar-refractivity contribution in [1.29, 1.82) is 5.26 Å². The van der Waals surface area contributed by atoms with Gasteiger partial charge >= 0.3 is 0 Å². The highest BCUT2D eigenvalue weighted by molar-refractivity contribution is 5.72. The Kier molecular flexibility index (Phi) is 2.28. The second-order valence-corrected chi connectivity index (χ2v) is 2.93. The predicted molar refractivity (Wildman–Crippen MR) is 54.7 cm³/mol. The van der Waals surface area contributed by atoms with Crippen molar-refractivity contribution in [3.8, 4) is 6.07 Å². The van der Waals surface area contributed by atoms with Crippen LogP contribution in [-0.4, -0.2) is 6.21 Å². The van der Waals surface area contributed by atoms with E-state index < -0.39 is 0 Å². The Balaban J connectivity index is 2.37. The number of benzene rings is 1. The Morgan fingerprint density at radius 2 is 2.21 bits per heavy atom. The first-order valence-corrected chi connectivity index (χ1v) is 4.35. The molecule has 68 valence electrons. The van der Waals surface area contributed by atoms with E-state index in [1.807, 2.05) is 30.5 Å². The van der Waals surface area contributed by atoms with Gasteiger partial charge in [0.25, 0.3) is 0 Å². The standard InChI is InChI=1S/C11H9N3/c12-8-9-4-1-2-5-10(9)11-13-6-3-7-14-11/h1-7,11,13H. The van der Waals surface area contributed by atoms with Crippen molar-refractivity contribution < 1.29 is 0 Å². The van der Waals surface area contributed by atoms with Gasteiger partial charge in [-0.15, -0.1) is 0 Å². The molecule has 14 heavy (non-hydrogen) atoms. The van der Waals surface area contributed by atoms with Gasteiger partial charge in [-0.3, -0.25) is 4.99 Å². The second-order valence-electron chi connectivity index (χ2n) is 2.93. The minimum atomic E-state index is -0.129. The Labute approximate surface area is 82.4 Å². The Morgan fingerprint density at radius 1 is 1.36 bits per heavy atom. The summed E-state index contributed by atoms with van der Waals surface area (Å²) < 4.78 is 0. The van der Waals surface area contributed by atoms with Crippen LogP contribution in [0.5, 0.6) is 0 Å². The van der Waals surface area contributed by atoms with Crippen LogP contribution in [0.2, 0.25) is 0 Å².